The lowest BCUT2D eigenvalue weighted by molar-refractivity contribution is 0.0696. The molecule has 0 radical (unpaired) electrons. The largest absolute Gasteiger partial charge is 0.505 e. The van der Waals surface area contributed by atoms with Crippen LogP contribution >= 0.6 is 27.5 Å². The molecule has 0 unspecified atom stereocenters. The zero-order chi connectivity index (χ0) is 20.7. The molecule has 10 heteroatoms. The van der Waals surface area contributed by atoms with Crippen molar-refractivity contribution in [3.05, 3.63) is 51.0 Å². The van der Waals surface area contributed by atoms with Gasteiger partial charge >= 0.3 is 5.97 Å². The van der Waals surface area contributed by atoms with E-state index in [1.165, 1.54) is 24.3 Å². The van der Waals surface area contributed by atoms with E-state index in [0.29, 0.717) is 22.9 Å². The number of nitriles is 1. The van der Waals surface area contributed by atoms with Gasteiger partial charge in [-0.25, -0.2) is 13.2 Å². The van der Waals surface area contributed by atoms with Crippen LogP contribution in [-0.4, -0.2) is 24.6 Å². The molecule has 0 spiro atoms. The van der Waals surface area contributed by atoms with Crippen molar-refractivity contribution in [2.24, 2.45) is 0 Å². The minimum absolute atomic E-state index is 0.0214. The lowest BCUT2D eigenvalue weighted by Gasteiger charge is -2.36. The van der Waals surface area contributed by atoms with Crippen LogP contribution in [0, 0.1) is 11.3 Å². The standard InChI is InChI=1S/C18H14BrClN2O5S/c19-12-7-14(20)16(23)15(8-12)28(26,27)22-13-5-10(17(24)25)4-11(6-13)18(9-21)2-1-3-18/h4-8,22-23H,1-3H2,(H,24,25). The van der Waals surface area contributed by atoms with Crippen LogP contribution in [0.15, 0.2) is 39.7 Å². The minimum atomic E-state index is -4.28. The Morgan fingerprint density at radius 3 is 2.46 bits per heavy atom. The van der Waals surface area contributed by atoms with E-state index in [9.17, 15) is 28.7 Å². The predicted molar refractivity (Wildman–Crippen MR) is 106 cm³/mol. The van der Waals surface area contributed by atoms with E-state index >= 15 is 0 Å². The summed E-state index contributed by atoms with van der Waals surface area (Å²) < 4.78 is 28.1. The lowest BCUT2D eigenvalue weighted by Crippen LogP contribution is -2.32. The van der Waals surface area contributed by atoms with Gasteiger partial charge in [0.15, 0.2) is 5.75 Å². The van der Waals surface area contributed by atoms with Crippen LogP contribution in [0.5, 0.6) is 5.75 Å². The Bertz CT molecular complexity index is 1120. The van der Waals surface area contributed by atoms with Crippen molar-refractivity contribution in [2.75, 3.05) is 4.72 Å². The van der Waals surface area contributed by atoms with Gasteiger partial charge in [-0.2, -0.15) is 5.26 Å². The number of hydrogen-bond donors (Lipinski definition) is 3. The summed E-state index contributed by atoms with van der Waals surface area (Å²) in [4.78, 5) is 11.0. The summed E-state index contributed by atoms with van der Waals surface area (Å²) in [6, 6.07) is 8.71. The second-order valence-corrected chi connectivity index (χ2v) is 9.47. The number of phenolic OH excluding ortho intramolecular Hbond substituents is 1. The molecule has 1 fully saturated rings. The fourth-order valence-electron chi connectivity index (χ4n) is 3.04. The molecule has 0 saturated heterocycles. The summed E-state index contributed by atoms with van der Waals surface area (Å²) in [6.45, 7) is 0. The third kappa shape index (κ3) is 3.68. The molecule has 3 N–H and O–H groups in total. The van der Waals surface area contributed by atoms with Crippen LogP contribution in [0.4, 0.5) is 5.69 Å². The van der Waals surface area contributed by atoms with Crippen LogP contribution in [0.1, 0.15) is 35.2 Å². The maximum absolute atomic E-state index is 12.8. The molecule has 146 valence electrons. The van der Waals surface area contributed by atoms with E-state index in [1.807, 2.05) is 0 Å². The highest BCUT2D eigenvalue weighted by molar-refractivity contribution is 9.10. The first-order valence-electron chi connectivity index (χ1n) is 8.09. The molecule has 1 aliphatic carbocycles. The summed E-state index contributed by atoms with van der Waals surface area (Å²) in [5.41, 5.74) is -0.553. The van der Waals surface area contributed by atoms with Gasteiger partial charge in [-0.05, 0) is 55.2 Å². The Kier molecular flexibility index (Phi) is 5.32. The first-order chi connectivity index (χ1) is 13.1. The summed E-state index contributed by atoms with van der Waals surface area (Å²) >= 11 is 8.96. The molecule has 0 amide bonds. The second-order valence-electron chi connectivity index (χ2n) is 6.49. The Morgan fingerprint density at radius 2 is 1.93 bits per heavy atom. The van der Waals surface area contributed by atoms with Gasteiger partial charge in [0, 0.05) is 4.47 Å². The molecule has 2 aromatic carbocycles. The van der Waals surface area contributed by atoms with Crippen molar-refractivity contribution in [2.45, 2.75) is 29.6 Å². The minimum Gasteiger partial charge on any atom is -0.505 e. The number of hydrogen-bond acceptors (Lipinski definition) is 5. The number of carboxylic acid groups (broad SMARTS) is 1. The monoisotopic (exact) mass is 484 g/mol. The van der Waals surface area contributed by atoms with Crippen LogP contribution in [0.3, 0.4) is 0 Å². The smallest absolute Gasteiger partial charge is 0.335 e. The van der Waals surface area contributed by atoms with Crippen LogP contribution < -0.4 is 4.72 Å². The van der Waals surface area contributed by atoms with Gasteiger partial charge in [-0.15, -0.1) is 0 Å². The van der Waals surface area contributed by atoms with Crippen molar-refractivity contribution < 1.29 is 23.4 Å². The second kappa shape index (κ2) is 7.28. The maximum atomic E-state index is 12.8. The highest BCUT2D eigenvalue weighted by Crippen LogP contribution is 2.44. The zero-order valence-corrected chi connectivity index (χ0v) is 17.4. The Morgan fingerprint density at radius 1 is 1.25 bits per heavy atom. The Balaban J connectivity index is 2.08. The summed E-state index contributed by atoms with van der Waals surface area (Å²) in [5, 5.41) is 28.8. The van der Waals surface area contributed by atoms with Gasteiger partial charge < -0.3 is 10.2 Å². The molecular weight excluding hydrogens is 472 g/mol. The van der Waals surface area contributed by atoms with Gasteiger partial charge in [0.1, 0.15) is 4.90 Å². The van der Waals surface area contributed by atoms with Crippen LogP contribution in [0.2, 0.25) is 5.02 Å². The number of benzene rings is 2. The van der Waals surface area contributed by atoms with Gasteiger partial charge in [0.05, 0.1) is 27.8 Å². The number of nitrogens with zero attached hydrogens (tertiary/aromatic N) is 1. The number of anilines is 1. The third-order valence-corrected chi connectivity index (χ3v) is 6.83. The fraction of sp³-hybridized carbons (Fsp3) is 0.222. The molecule has 0 aliphatic heterocycles. The fourth-order valence-corrected chi connectivity index (χ4v) is 5.24. The SMILES string of the molecule is N#CC1(c2cc(NS(=O)(=O)c3cc(Br)cc(Cl)c3O)cc(C(=O)O)c2)CCC1. The highest BCUT2D eigenvalue weighted by atomic mass is 79.9. The highest BCUT2D eigenvalue weighted by Gasteiger charge is 2.39. The molecule has 0 bridgehead atoms. The normalized spacial score (nSPS) is 15.3. The van der Waals surface area contributed by atoms with Crippen molar-refractivity contribution in [3.63, 3.8) is 0 Å². The summed E-state index contributed by atoms with van der Waals surface area (Å²) in [6.07, 6.45) is 1.97. The Labute approximate surface area is 174 Å². The number of carboxylic acids is 1. The molecule has 3 rings (SSSR count). The topological polar surface area (TPSA) is 127 Å². The molecule has 0 atom stereocenters. The average Bonchev–Trinajstić information content (AvgIpc) is 2.57. The number of nitrogens with one attached hydrogen (secondary N) is 1. The van der Waals surface area contributed by atoms with Gasteiger partial charge in [-0.1, -0.05) is 27.5 Å². The van der Waals surface area contributed by atoms with E-state index < -0.39 is 32.1 Å². The molecule has 2 aromatic rings. The van der Waals surface area contributed by atoms with Crippen molar-refractivity contribution >= 4 is 49.2 Å². The van der Waals surface area contributed by atoms with E-state index in [-0.39, 0.29) is 16.3 Å². The third-order valence-electron chi connectivity index (χ3n) is 4.69. The van der Waals surface area contributed by atoms with E-state index in [1.54, 1.807) is 0 Å². The number of halogens is 2. The van der Waals surface area contributed by atoms with Crippen molar-refractivity contribution in [1.82, 2.24) is 0 Å². The molecule has 1 aliphatic rings. The van der Waals surface area contributed by atoms with Crippen LogP contribution in [-0.2, 0) is 15.4 Å². The number of rotatable bonds is 5. The number of phenols is 1. The van der Waals surface area contributed by atoms with Gasteiger partial charge in [0.25, 0.3) is 10.0 Å². The molecule has 28 heavy (non-hydrogen) atoms. The zero-order valence-electron chi connectivity index (χ0n) is 14.2. The van der Waals surface area contributed by atoms with Crippen LogP contribution in [0.25, 0.3) is 0 Å². The summed E-state index contributed by atoms with van der Waals surface area (Å²) in [5.74, 6) is -1.87. The molecule has 1 saturated carbocycles. The maximum Gasteiger partial charge on any atom is 0.335 e. The number of carbonyl (C=O) groups is 1. The molecule has 0 heterocycles. The molecule has 7 nitrogen and oxygen atoms in total. The predicted octanol–water partition coefficient (Wildman–Crippen LogP) is 4.25. The number of aromatic carboxylic acids is 1. The Hall–Kier alpha value is -2.28. The first-order valence-corrected chi connectivity index (χ1v) is 10.7. The number of aromatic hydroxyl groups is 1. The van der Waals surface area contributed by atoms with Gasteiger partial charge in [0.2, 0.25) is 0 Å². The molecule has 0 aromatic heterocycles. The van der Waals surface area contributed by atoms with Crippen molar-refractivity contribution in [1.29, 1.82) is 5.26 Å². The van der Waals surface area contributed by atoms with E-state index in [2.05, 4.69) is 26.7 Å². The van der Waals surface area contributed by atoms with Gasteiger partial charge in [-0.3, -0.25) is 4.72 Å². The summed E-state index contributed by atoms with van der Waals surface area (Å²) in [7, 11) is -4.28. The van der Waals surface area contributed by atoms with E-state index in [0.717, 1.165) is 12.5 Å². The van der Waals surface area contributed by atoms with E-state index in [4.69, 9.17) is 11.6 Å². The average molecular weight is 486 g/mol. The molecular formula is C18H14BrClN2O5S. The quantitative estimate of drug-likeness (QED) is 0.581. The number of sulfonamides is 1. The first kappa shape index (κ1) is 20.5. The van der Waals surface area contributed by atoms with Crippen molar-refractivity contribution in [3.8, 4) is 11.8 Å². The lowest BCUT2D eigenvalue weighted by atomic mass is 9.65.